The average Bonchev–Trinajstić information content (AvgIpc) is 2.85. The van der Waals surface area contributed by atoms with Crippen LogP contribution in [0.4, 0.5) is 23.4 Å². The predicted molar refractivity (Wildman–Crippen MR) is 125 cm³/mol. The van der Waals surface area contributed by atoms with E-state index in [0.29, 0.717) is 25.0 Å². The molecule has 1 aliphatic heterocycles. The lowest BCUT2D eigenvalue weighted by atomic mass is 10.0. The first-order valence-corrected chi connectivity index (χ1v) is 11.4. The second-order valence-electron chi connectivity index (χ2n) is 8.65. The van der Waals surface area contributed by atoms with Gasteiger partial charge in [-0.2, -0.15) is 13.2 Å². The molecule has 0 amide bonds. The quantitative estimate of drug-likeness (QED) is 0.488. The van der Waals surface area contributed by atoms with Gasteiger partial charge in [0.1, 0.15) is 5.82 Å². The number of hydrogen-bond donors (Lipinski definition) is 1. The number of pyridine rings is 1. The monoisotopic (exact) mass is 489 g/mol. The molecule has 0 atom stereocenters. The number of aromatic nitrogens is 3. The molecule has 10 heteroatoms. The first-order valence-electron chi connectivity index (χ1n) is 11.4. The lowest BCUT2D eigenvalue weighted by Gasteiger charge is -2.34. The third-order valence-electron chi connectivity index (χ3n) is 6.47. The molecule has 2 aromatic heterocycles. The van der Waals surface area contributed by atoms with E-state index in [-0.39, 0.29) is 18.2 Å². The molecule has 1 N–H and O–H groups in total. The SMILES string of the molecule is COc1ccc(-c2nnc(N3CCC(NCc4ccc(F)cc4C(F)(F)F)CC3)c(C)c2C)cn1. The number of piperidine rings is 1. The summed E-state index contributed by atoms with van der Waals surface area (Å²) < 4.78 is 58.2. The van der Waals surface area contributed by atoms with Gasteiger partial charge in [-0.1, -0.05) is 6.07 Å². The fourth-order valence-electron chi connectivity index (χ4n) is 4.32. The molecular formula is C25H27F4N5O. The minimum absolute atomic E-state index is 0.0301. The van der Waals surface area contributed by atoms with Gasteiger partial charge in [-0.05, 0) is 61.6 Å². The van der Waals surface area contributed by atoms with E-state index in [2.05, 4.69) is 25.4 Å². The molecule has 0 unspecified atom stereocenters. The minimum atomic E-state index is -4.59. The fraction of sp³-hybridized carbons (Fsp3) is 0.400. The van der Waals surface area contributed by atoms with Gasteiger partial charge in [0.05, 0.1) is 18.4 Å². The Bertz CT molecular complexity index is 1180. The van der Waals surface area contributed by atoms with Crippen LogP contribution in [0.2, 0.25) is 0 Å². The Morgan fingerprint density at radius 1 is 1.06 bits per heavy atom. The zero-order valence-corrected chi connectivity index (χ0v) is 19.8. The molecule has 0 aliphatic carbocycles. The summed E-state index contributed by atoms with van der Waals surface area (Å²) in [6, 6.07) is 6.53. The van der Waals surface area contributed by atoms with Gasteiger partial charge in [0.2, 0.25) is 5.88 Å². The van der Waals surface area contributed by atoms with Gasteiger partial charge in [-0.15, -0.1) is 10.2 Å². The number of nitrogens with one attached hydrogen (secondary N) is 1. The van der Waals surface area contributed by atoms with Gasteiger partial charge in [0.15, 0.2) is 5.82 Å². The summed E-state index contributed by atoms with van der Waals surface area (Å²) in [7, 11) is 1.56. The number of anilines is 1. The van der Waals surface area contributed by atoms with Crippen LogP contribution >= 0.6 is 0 Å². The van der Waals surface area contributed by atoms with E-state index in [0.717, 1.165) is 47.1 Å². The molecular weight excluding hydrogens is 462 g/mol. The van der Waals surface area contributed by atoms with Crippen LogP contribution in [0.1, 0.15) is 35.1 Å². The molecule has 0 saturated carbocycles. The molecule has 0 bridgehead atoms. The summed E-state index contributed by atoms with van der Waals surface area (Å²) in [5.41, 5.74) is 2.76. The zero-order chi connectivity index (χ0) is 25.2. The standard InChI is InChI=1S/C25H27F4N5O/c1-15-16(2)24(33-32-23(15)18-5-7-22(35-3)31-14-18)34-10-8-20(9-11-34)30-13-17-4-6-19(26)12-21(17)25(27,28)29/h4-7,12,14,20,30H,8-11,13H2,1-3H3. The van der Waals surface area contributed by atoms with Crippen LogP contribution < -0.4 is 15.0 Å². The first kappa shape index (κ1) is 24.8. The molecule has 1 saturated heterocycles. The molecule has 1 aromatic carbocycles. The Balaban J connectivity index is 1.40. The van der Waals surface area contributed by atoms with Crippen LogP contribution in [0.15, 0.2) is 36.5 Å². The number of halogens is 4. The van der Waals surface area contributed by atoms with E-state index in [1.807, 2.05) is 19.9 Å². The molecule has 0 radical (unpaired) electrons. The average molecular weight is 490 g/mol. The maximum atomic E-state index is 13.3. The summed E-state index contributed by atoms with van der Waals surface area (Å²) in [5.74, 6) is 0.442. The number of methoxy groups -OCH3 is 1. The molecule has 1 aliphatic rings. The highest BCUT2D eigenvalue weighted by atomic mass is 19.4. The van der Waals surface area contributed by atoms with Crippen molar-refractivity contribution in [2.75, 3.05) is 25.1 Å². The molecule has 186 valence electrons. The van der Waals surface area contributed by atoms with E-state index in [4.69, 9.17) is 4.74 Å². The Kier molecular flexibility index (Phi) is 7.20. The smallest absolute Gasteiger partial charge is 0.416 e. The highest BCUT2D eigenvalue weighted by Gasteiger charge is 2.34. The van der Waals surface area contributed by atoms with Crippen molar-refractivity contribution in [1.82, 2.24) is 20.5 Å². The van der Waals surface area contributed by atoms with Crippen LogP contribution in [0, 0.1) is 19.7 Å². The van der Waals surface area contributed by atoms with Gasteiger partial charge in [0.25, 0.3) is 0 Å². The Morgan fingerprint density at radius 3 is 2.43 bits per heavy atom. The van der Waals surface area contributed by atoms with Crippen LogP contribution in [0.25, 0.3) is 11.3 Å². The van der Waals surface area contributed by atoms with E-state index >= 15 is 0 Å². The third kappa shape index (κ3) is 5.53. The normalized spacial score (nSPS) is 14.9. The van der Waals surface area contributed by atoms with Crippen molar-refractivity contribution in [1.29, 1.82) is 0 Å². The van der Waals surface area contributed by atoms with Crippen molar-refractivity contribution >= 4 is 5.82 Å². The highest BCUT2D eigenvalue weighted by Crippen LogP contribution is 2.33. The van der Waals surface area contributed by atoms with E-state index in [1.54, 1.807) is 19.4 Å². The largest absolute Gasteiger partial charge is 0.481 e. The predicted octanol–water partition coefficient (Wildman–Crippen LogP) is 5.08. The van der Waals surface area contributed by atoms with Gasteiger partial charge in [-0.3, -0.25) is 0 Å². The Morgan fingerprint density at radius 2 is 1.80 bits per heavy atom. The Labute approximate surface area is 201 Å². The molecule has 1 fully saturated rings. The summed E-state index contributed by atoms with van der Waals surface area (Å²) in [4.78, 5) is 6.39. The maximum absolute atomic E-state index is 13.3. The van der Waals surface area contributed by atoms with Crippen LogP contribution in [0.5, 0.6) is 5.88 Å². The van der Waals surface area contributed by atoms with Crippen molar-refractivity contribution in [2.24, 2.45) is 0 Å². The van der Waals surface area contributed by atoms with Gasteiger partial charge in [-0.25, -0.2) is 9.37 Å². The number of ether oxygens (including phenoxy) is 1. The van der Waals surface area contributed by atoms with Gasteiger partial charge >= 0.3 is 6.18 Å². The molecule has 35 heavy (non-hydrogen) atoms. The lowest BCUT2D eigenvalue weighted by Crippen LogP contribution is -2.43. The summed E-state index contributed by atoms with van der Waals surface area (Å²) >= 11 is 0. The van der Waals surface area contributed by atoms with Crippen LogP contribution in [0.3, 0.4) is 0 Å². The second-order valence-corrected chi connectivity index (χ2v) is 8.65. The van der Waals surface area contributed by atoms with E-state index < -0.39 is 17.6 Å². The number of alkyl halides is 3. The van der Waals surface area contributed by atoms with Gasteiger partial charge in [0, 0.05) is 43.5 Å². The van der Waals surface area contributed by atoms with Crippen molar-refractivity contribution in [3.05, 3.63) is 64.6 Å². The number of benzene rings is 1. The summed E-state index contributed by atoms with van der Waals surface area (Å²) in [5, 5.41) is 12.1. The third-order valence-corrected chi connectivity index (χ3v) is 6.47. The zero-order valence-electron chi connectivity index (χ0n) is 19.8. The second kappa shape index (κ2) is 10.2. The Hall–Kier alpha value is -3.27. The van der Waals surface area contributed by atoms with E-state index in [1.165, 1.54) is 6.07 Å². The van der Waals surface area contributed by atoms with Crippen LogP contribution in [-0.2, 0) is 12.7 Å². The number of nitrogens with zero attached hydrogens (tertiary/aromatic N) is 4. The minimum Gasteiger partial charge on any atom is -0.481 e. The van der Waals surface area contributed by atoms with Gasteiger partial charge < -0.3 is 15.0 Å². The first-order chi connectivity index (χ1) is 16.7. The van der Waals surface area contributed by atoms with E-state index in [9.17, 15) is 17.6 Å². The molecule has 3 heterocycles. The molecule has 0 spiro atoms. The van der Waals surface area contributed by atoms with Crippen LogP contribution in [-0.4, -0.2) is 41.4 Å². The molecule has 4 rings (SSSR count). The maximum Gasteiger partial charge on any atom is 0.416 e. The van der Waals surface area contributed by atoms with Crippen molar-refractivity contribution in [3.8, 4) is 17.1 Å². The fourth-order valence-corrected chi connectivity index (χ4v) is 4.32. The van der Waals surface area contributed by atoms with Crippen molar-refractivity contribution in [3.63, 3.8) is 0 Å². The topological polar surface area (TPSA) is 63.2 Å². The number of hydrogen-bond acceptors (Lipinski definition) is 6. The number of rotatable bonds is 6. The lowest BCUT2D eigenvalue weighted by molar-refractivity contribution is -0.138. The highest BCUT2D eigenvalue weighted by molar-refractivity contribution is 5.66. The summed E-state index contributed by atoms with van der Waals surface area (Å²) in [6.07, 6.45) is -1.40. The summed E-state index contributed by atoms with van der Waals surface area (Å²) in [6.45, 7) is 5.44. The van der Waals surface area contributed by atoms with Crippen molar-refractivity contribution < 1.29 is 22.3 Å². The molecule has 3 aromatic rings. The van der Waals surface area contributed by atoms with Crippen molar-refractivity contribution in [2.45, 2.75) is 45.5 Å². The molecule has 6 nitrogen and oxygen atoms in total.